The number of rotatable bonds is 2. The van der Waals surface area contributed by atoms with Crippen LogP contribution < -0.4 is 0 Å². The molecule has 1 heterocycles. The van der Waals surface area contributed by atoms with Crippen molar-refractivity contribution >= 4 is 21.6 Å². The molecular formula is C16H27NS. The molecule has 102 valence electrons. The first-order valence-corrected chi connectivity index (χ1v) is 7.91. The zero-order valence-electron chi connectivity index (χ0n) is 12.9. The molecule has 1 aromatic heterocycles. The summed E-state index contributed by atoms with van der Waals surface area (Å²) in [5.41, 5.74) is 2.55. The minimum atomic E-state index is 0.539. The Morgan fingerprint density at radius 1 is 1.11 bits per heavy atom. The highest BCUT2D eigenvalue weighted by atomic mass is 32.1. The smallest absolute Gasteiger partial charge is 0.0963 e. The van der Waals surface area contributed by atoms with Crippen LogP contribution in [0.15, 0.2) is 18.2 Å². The van der Waals surface area contributed by atoms with Crippen LogP contribution in [0.4, 0.5) is 0 Å². The van der Waals surface area contributed by atoms with Crippen molar-refractivity contribution in [3.05, 3.63) is 28.8 Å². The van der Waals surface area contributed by atoms with Gasteiger partial charge in [0.05, 0.1) is 15.2 Å². The van der Waals surface area contributed by atoms with Gasteiger partial charge < -0.3 is 0 Å². The average Bonchev–Trinajstić information content (AvgIpc) is 2.86. The monoisotopic (exact) mass is 265 g/mol. The molecule has 18 heavy (non-hydrogen) atoms. The van der Waals surface area contributed by atoms with Gasteiger partial charge in [-0.05, 0) is 24.1 Å². The van der Waals surface area contributed by atoms with E-state index in [1.54, 1.807) is 0 Å². The van der Waals surface area contributed by atoms with Crippen LogP contribution in [-0.2, 0) is 6.42 Å². The van der Waals surface area contributed by atoms with Crippen molar-refractivity contribution in [2.24, 2.45) is 0 Å². The van der Waals surface area contributed by atoms with Crippen molar-refractivity contribution in [1.82, 2.24) is 4.98 Å². The topological polar surface area (TPSA) is 12.9 Å². The highest BCUT2D eigenvalue weighted by Crippen LogP contribution is 2.27. The van der Waals surface area contributed by atoms with Crippen LogP contribution >= 0.6 is 11.3 Å². The van der Waals surface area contributed by atoms with Gasteiger partial charge in [0.15, 0.2) is 0 Å². The molecule has 2 rings (SSSR count). The fourth-order valence-electron chi connectivity index (χ4n) is 1.45. The Bertz CT molecular complexity index is 443. The molecule has 1 nitrogen and oxygen atoms in total. The summed E-state index contributed by atoms with van der Waals surface area (Å²) >= 11 is 1.82. The average molecular weight is 265 g/mol. The Morgan fingerprint density at radius 3 is 2.22 bits per heavy atom. The highest BCUT2D eigenvalue weighted by molar-refractivity contribution is 7.18. The summed E-state index contributed by atoms with van der Waals surface area (Å²) in [6.07, 6.45) is 1.10. The lowest BCUT2D eigenvalue weighted by Crippen LogP contribution is -1.83. The molecule has 0 aliphatic rings. The van der Waals surface area contributed by atoms with E-state index in [1.807, 2.05) is 39.0 Å². The van der Waals surface area contributed by atoms with E-state index in [0.29, 0.717) is 5.92 Å². The van der Waals surface area contributed by atoms with Crippen LogP contribution in [0, 0.1) is 0 Å². The standard InChI is InChI=1S/C12H15NS.2C2H6/c1-4-9-5-6-10-11(7-9)14-12(13-10)8(2)3;2*1-2/h5-8H,4H2,1-3H3;2*1-2H3. The number of hydrogen-bond donors (Lipinski definition) is 0. The van der Waals surface area contributed by atoms with Crippen LogP contribution in [0.25, 0.3) is 10.2 Å². The van der Waals surface area contributed by atoms with E-state index < -0.39 is 0 Å². The van der Waals surface area contributed by atoms with Crippen LogP contribution in [0.5, 0.6) is 0 Å². The zero-order valence-corrected chi connectivity index (χ0v) is 13.7. The van der Waals surface area contributed by atoms with E-state index >= 15 is 0 Å². The fourth-order valence-corrected chi connectivity index (χ4v) is 2.49. The van der Waals surface area contributed by atoms with E-state index in [2.05, 4.69) is 44.0 Å². The van der Waals surface area contributed by atoms with Crippen molar-refractivity contribution in [3.63, 3.8) is 0 Å². The Morgan fingerprint density at radius 2 is 1.72 bits per heavy atom. The number of nitrogens with zero attached hydrogens (tertiary/aromatic N) is 1. The summed E-state index contributed by atoms with van der Waals surface area (Å²) in [5, 5.41) is 1.24. The third-order valence-corrected chi connectivity index (χ3v) is 3.69. The normalized spacial score (nSPS) is 9.56. The Kier molecular flexibility index (Phi) is 8.65. The van der Waals surface area contributed by atoms with E-state index in [1.165, 1.54) is 15.3 Å². The number of hydrogen-bond acceptors (Lipinski definition) is 2. The molecule has 0 saturated heterocycles. The second kappa shape index (κ2) is 9.09. The van der Waals surface area contributed by atoms with Crippen molar-refractivity contribution in [2.45, 2.75) is 60.8 Å². The number of fused-ring (bicyclic) bond motifs is 1. The molecule has 0 N–H and O–H groups in total. The molecule has 0 radical (unpaired) electrons. The first kappa shape index (κ1) is 17.1. The molecule has 0 unspecified atom stereocenters. The number of benzene rings is 1. The van der Waals surface area contributed by atoms with Crippen LogP contribution in [-0.4, -0.2) is 4.98 Å². The Labute approximate surface area is 116 Å². The summed E-state index contributed by atoms with van der Waals surface area (Å²) < 4.78 is 1.33. The quantitative estimate of drug-likeness (QED) is 0.645. The van der Waals surface area contributed by atoms with Gasteiger partial charge in [0.1, 0.15) is 0 Å². The van der Waals surface area contributed by atoms with E-state index in [9.17, 15) is 0 Å². The van der Waals surface area contributed by atoms with E-state index in [4.69, 9.17) is 0 Å². The van der Waals surface area contributed by atoms with Crippen LogP contribution in [0.3, 0.4) is 0 Å². The number of aromatic nitrogens is 1. The van der Waals surface area contributed by atoms with Gasteiger partial charge in [0.2, 0.25) is 0 Å². The van der Waals surface area contributed by atoms with Gasteiger partial charge in [-0.3, -0.25) is 0 Å². The van der Waals surface area contributed by atoms with Gasteiger partial charge in [-0.2, -0.15) is 0 Å². The predicted octanol–water partition coefficient (Wildman–Crippen LogP) is 6.03. The first-order valence-electron chi connectivity index (χ1n) is 7.10. The number of aryl methyl sites for hydroxylation is 1. The summed E-state index contributed by atoms with van der Waals surface area (Å²) in [5.74, 6) is 0.539. The van der Waals surface area contributed by atoms with Gasteiger partial charge in [0, 0.05) is 5.92 Å². The van der Waals surface area contributed by atoms with Gasteiger partial charge in [-0.25, -0.2) is 4.98 Å². The molecule has 0 aliphatic carbocycles. The summed E-state index contributed by atoms with van der Waals surface area (Å²) in [6.45, 7) is 14.6. The fraction of sp³-hybridized carbons (Fsp3) is 0.562. The highest BCUT2D eigenvalue weighted by Gasteiger charge is 2.06. The molecule has 2 heteroatoms. The van der Waals surface area contributed by atoms with Crippen LogP contribution in [0.2, 0.25) is 0 Å². The molecule has 0 spiro atoms. The van der Waals surface area contributed by atoms with Gasteiger partial charge in [0.25, 0.3) is 0 Å². The lowest BCUT2D eigenvalue weighted by molar-refractivity contribution is 0.857. The minimum Gasteiger partial charge on any atom is -0.241 e. The molecule has 0 aliphatic heterocycles. The minimum absolute atomic E-state index is 0.539. The van der Waals surface area contributed by atoms with Gasteiger partial charge >= 0.3 is 0 Å². The number of thiazole rings is 1. The molecule has 0 atom stereocenters. The largest absolute Gasteiger partial charge is 0.241 e. The van der Waals surface area contributed by atoms with Gasteiger partial charge in [-0.1, -0.05) is 54.5 Å². The third kappa shape index (κ3) is 4.41. The Balaban J connectivity index is 0.000000659. The lowest BCUT2D eigenvalue weighted by atomic mass is 10.2. The maximum absolute atomic E-state index is 4.61. The van der Waals surface area contributed by atoms with Crippen molar-refractivity contribution in [2.75, 3.05) is 0 Å². The molecule has 0 bridgehead atoms. The maximum Gasteiger partial charge on any atom is 0.0963 e. The van der Waals surface area contributed by atoms with Gasteiger partial charge in [-0.15, -0.1) is 11.3 Å². The molecule has 2 aromatic rings. The van der Waals surface area contributed by atoms with E-state index in [0.717, 1.165) is 11.9 Å². The zero-order chi connectivity index (χ0) is 14.1. The first-order chi connectivity index (χ1) is 8.70. The molecule has 0 saturated carbocycles. The summed E-state index contributed by atoms with van der Waals surface area (Å²) in [4.78, 5) is 4.61. The summed E-state index contributed by atoms with van der Waals surface area (Å²) in [6, 6.07) is 6.57. The van der Waals surface area contributed by atoms with Crippen LogP contribution in [0.1, 0.15) is 65.0 Å². The second-order valence-electron chi connectivity index (χ2n) is 3.86. The van der Waals surface area contributed by atoms with E-state index in [-0.39, 0.29) is 0 Å². The molecule has 1 aromatic carbocycles. The van der Waals surface area contributed by atoms with Crippen molar-refractivity contribution in [3.8, 4) is 0 Å². The molecule has 0 amide bonds. The van der Waals surface area contributed by atoms with Crippen molar-refractivity contribution < 1.29 is 0 Å². The molecular weight excluding hydrogens is 238 g/mol. The van der Waals surface area contributed by atoms with Crippen molar-refractivity contribution in [1.29, 1.82) is 0 Å². The SMILES string of the molecule is CC.CC.CCc1ccc2nc(C(C)C)sc2c1. The Hall–Kier alpha value is -0.890. The summed E-state index contributed by atoms with van der Waals surface area (Å²) in [7, 11) is 0. The second-order valence-corrected chi connectivity index (χ2v) is 4.92. The predicted molar refractivity (Wildman–Crippen MR) is 85.8 cm³/mol. The lowest BCUT2D eigenvalue weighted by Gasteiger charge is -1.94. The molecule has 0 fully saturated rings. The maximum atomic E-state index is 4.61. The third-order valence-electron chi connectivity index (χ3n) is 2.37.